The molecule has 1 fully saturated rings. The Morgan fingerprint density at radius 1 is 1.04 bits per heavy atom. The van der Waals surface area contributed by atoms with Gasteiger partial charge in [0.1, 0.15) is 5.03 Å². The Morgan fingerprint density at radius 2 is 1.83 bits per heavy atom. The molecular weight excluding hydrogens is 322 g/mol. The minimum Gasteiger partial charge on any atom is -0.342 e. The van der Waals surface area contributed by atoms with Crippen LogP contribution in [0.25, 0.3) is 17.0 Å². The Morgan fingerprint density at radius 3 is 2.62 bits per heavy atom. The Bertz CT molecular complexity index is 858. The van der Waals surface area contributed by atoms with Gasteiger partial charge in [-0.3, -0.25) is 4.79 Å². The van der Waals surface area contributed by atoms with Crippen molar-refractivity contribution in [2.24, 2.45) is 0 Å². The first-order valence-electron chi connectivity index (χ1n) is 8.00. The van der Waals surface area contributed by atoms with Gasteiger partial charge in [-0.05, 0) is 25.0 Å². The number of carbonyl (C=O) groups excluding carboxylic acids is 1. The highest BCUT2D eigenvalue weighted by atomic mass is 32.2. The molecule has 0 spiro atoms. The van der Waals surface area contributed by atoms with Crippen LogP contribution < -0.4 is 0 Å². The zero-order valence-corrected chi connectivity index (χ0v) is 13.9. The lowest BCUT2D eigenvalue weighted by Crippen LogP contribution is -2.29. The van der Waals surface area contributed by atoms with Crippen molar-refractivity contribution in [3.8, 4) is 11.4 Å². The van der Waals surface area contributed by atoms with Crippen LogP contribution in [-0.2, 0) is 4.79 Å². The Labute approximate surface area is 143 Å². The average Bonchev–Trinajstić information content (AvgIpc) is 3.30. The number of thioether (sulfide) groups is 1. The molecule has 1 aliphatic heterocycles. The summed E-state index contributed by atoms with van der Waals surface area (Å²) in [6, 6.07) is 13.6. The summed E-state index contributed by atoms with van der Waals surface area (Å²) in [5, 5.41) is 13.8. The summed E-state index contributed by atoms with van der Waals surface area (Å²) >= 11 is 1.46. The van der Waals surface area contributed by atoms with Crippen molar-refractivity contribution in [3.63, 3.8) is 0 Å². The van der Waals surface area contributed by atoms with Crippen LogP contribution in [0.5, 0.6) is 0 Å². The summed E-state index contributed by atoms with van der Waals surface area (Å²) < 4.78 is 1.73. The van der Waals surface area contributed by atoms with Crippen molar-refractivity contribution >= 4 is 23.3 Å². The van der Waals surface area contributed by atoms with E-state index in [0.717, 1.165) is 36.5 Å². The molecule has 0 unspecified atom stereocenters. The highest BCUT2D eigenvalue weighted by Crippen LogP contribution is 2.21. The predicted octanol–water partition coefficient (Wildman–Crippen LogP) is 2.51. The molecule has 0 N–H and O–H groups in total. The van der Waals surface area contributed by atoms with Gasteiger partial charge in [-0.15, -0.1) is 10.2 Å². The molecule has 1 amide bonds. The van der Waals surface area contributed by atoms with Gasteiger partial charge in [0.05, 0.1) is 5.75 Å². The van der Waals surface area contributed by atoms with Gasteiger partial charge in [-0.2, -0.15) is 9.61 Å². The van der Waals surface area contributed by atoms with Crippen LogP contribution in [0, 0.1) is 0 Å². The molecule has 0 radical (unpaired) electrons. The molecule has 6 nitrogen and oxygen atoms in total. The number of hydrogen-bond donors (Lipinski definition) is 0. The number of benzene rings is 1. The van der Waals surface area contributed by atoms with Gasteiger partial charge >= 0.3 is 0 Å². The quantitative estimate of drug-likeness (QED) is 0.684. The van der Waals surface area contributed by atoms with Gasteiger partial charge in [0.15, 0.2) is 11.5 Å². The predicted molar refractivity (Wildman–Crippen MR) is 92.8 cm³/mol. The lowest BCUT2D eigenvalue weighted by Gasteiger charge is -2.14. The second-order valence-electron chi connectivity index (χ2n) is 5.71. The first kappa shape index (κ1) is 15.1. The molecule has 1 saturated heterocycles. The highest BCUT2D eigenvalue weighted by Gasteiger charge is 2.18. The standard InChI is InChI=1S/C17H17N5OS/c23-16(21-10-4-5-11-21)12-24-15-9-8-14-18-19-17(22(14)20-15)13-6-2-1-3-7-13/h1-3,6-9H,4-5,10-12H2. The van der Waals surface area contributed by atoms with E-state index < -0.39 is 0 Å². The van der Waals surface area contributed by atoms with E-state index in [2.05, 4.69) is 15.3 Å². The zero-order chi connectivity index (χ0) is 16.4. The van der Waals surface area contributed by atoms with E-state index in [9.17, 15) is 4.79 Å². The molecule has 0 saturated carbocycles. The fourth-order valence-electron chi connectivity index (χ4n) is 2.81. The number of nitrogens with zero attached hydrogens (tertiary/aromatic N) is 5. The van der Waals surface area contributed by atoms with Crippen LogP contribution in [-0.4, -0.2) is 49.5 Å². The van der Waals surface area contributed by atoms with Crippen molar-refractivity contribution < 1.29 is 4.79 Å². The van der Waals surface area contributed by atoms with E-state index in [0.29, 0.717) is 17.2 Å². The normalized spacial score (nSPS) is 14.4. The highest BCUT2D eigenvalue weighted by molar-refractivity contribution is 7.99. The minimum absolute atomic E-state index is 0.187. The van der Waals surface area contributed by atoms with Gasteiger partial charge < -0.3 is 4.90 Å². The topological polar surface area (TPSA) is 63.4 Å². The molecule has 1 aromatic carbocycles. The number of hydrogen-bond acceptors (Lipinski definition) is 5. The SMILES string of the molecule is O=C(CSc1ccc2nnc(-c3ccccc3)n2n1)N1CCCC1. The number of amides is 1. The molecule has 0 atom stereocenters. The Hall–Kier alpha value is -2.41. The van der Waals surface area contributed by atoms with E-state index in [1.54, 1.807) is 4.52 Å². The van der Waals surface area contributed by atoms with Crippen molar-refractivity contribution in [1.82, 2.24) is 24.7 Å². The lowest BCUT2D eigenvalue weighted by molar-refractivity contribution is -0.127. The molecule has 1 aliphatic rings. The monoisotopic (exact) mass is 339 g/mol. The molecule has 3 heterocycles. The molecule has 4 rings (SSSR count). The maximum atomic E-state index is 12.2. The van der Waals surface area contributed by atoms with Crippen LogP contribution in [0.15, 0.2) is 47.5 Å². The van der Waals surface area contributed by atoms with Gasteiger partial charge in [-0.1, -0.05) is 42.1 Å². The first-order valence-corrected chi connectivity index (χ1v) is 8.98. The smallest absolute Gasteiger partial charge is 0.232 e. The molecule has 3 aromatic rings. The number of likely N-dealkylation sites (tertiary alicyclic amines) is 1. The molecule has 24 heavy (non-hydrogen) atoms. The molecule has 2 aromatic heterocycles. The maximum Gasteiger partial charge on any atom is 0.232 e. The van der Waals surface area contributed by atoms with E-state index >= 15 is 0 Å². The van der Waals surface area contributed by atoms with E-state index in [-0.39, 0.29) is 5.91 Å². The Balaban J connectivity index is 1.55. The van der Waals surface area contributed by atoms with Gasteiger partial charge in [0.25, 0.3) is 0 Å². The van der Waals surface area contributed by atoms with Crippen LogP contribution in [0.4, 0.5) is 0 Å². The number of rotatable bonds is 4. The summed E-state index contributed by atoms with van der Waals surface area (Å²) in [6.07, 6.45) is 2.23. The van der Waals surface area contributed by atoms with E-state index in [1.807, 2.05) is 47.4 Å². The molecular formula is C17H17N5OS. The summed E-state index contributed by atoms with van der Waals surface area (Å²) in [4.78, 5) is 14.1. The van der Waals surface area contributed by atoms with E-state index in [1.165, 1.54) is 11.8 Å². The van der Waals surface area contributed by atoms with E-state index in [4.69, 9.17) is 0 Å². The van der Waals surface area contributed by atoms with Crippen LogP contribution >= 0.6 is 11.8 Å². The van der Waals surface area contributed by atoms with Gasteiger partial charge in [-0.25, -0.2) is 0 Å². The number of carbonyl (C=O) groups is 1. The van der Waals surface area contributed by atoms with Crippen LogP contribution in [0.1, 0.15) is 12.8 Å². The summed E-state index contributed by atoms with van der Waals surface area (Å²) in [5.74, 6) is 1.31. The number of fused-ring (bicyclic) bond motifs is 1. The Kier molecular flexibility index (Phi) is 4.17. The van der Waals surface area contributed by atoms with Gasteiger partial charge in [0.2, 0.25) is 5.91 Å². The fraction of sp³-hybridized carbons (Fsp3) is 0.294. The lowest BCUT2D eigenvalue weighted by atomic mass is 10.2. The van der Waals surface area contributed by atoms with Crippen molar-refractivity contribution in [1.29, 1.82) is 0 Å². The second kappa shape index (κ2) is 6.60. The maximum absolute atomic E-state index is 12.2. The fourth-order valence-corrected chi connectivity index (χ4v) is 3.57. The second-order valence-corrected chi connectivity index (χ2v) is 6.70. The van der Waals surface area contributed by atoms with Crippen molar-refractivity contribution in [3.05, 3.63) is 42.5 Å². The molecule has 0 aliphatic carbocycles. The third-order valence-corrected chi connectivity index (χ3v) is 4.98. The summed E-state index contributed by atoms with van der Waals surface area (Å²) in [5.41, 5.74) is 1.66. The average molecular weight is 339 g/mol. The van der Waals surface area contributed by atoms with Crippen molar-refractivity contribution in [2.45, 2.75) is 17.9 Å². The summed E-state index contributed by atoms with van der Waals surface area (Å²) in [7, 11) is 0. The number of aromatic nitrogens is 4. The molecule has 7 heteroatoms. The van der Waals surface area contributed by atoms with Crippen molar-refractivity contribution in [2.75, 3.05) is 18.8 Å². The van der Waals surface area contributed by atoms with Gasteiger partial charge in [0, 0.05) is 18.7 Å². The third-order valence-electron chi connectivity index (χ3n) is 4.07. The summed E-state index contributed by atoms with van der Waals surface area (Å²) in [6.45, 7) is 1.77. The molecule has 122 valence electrons. The zero-order valence-electron chi connectivity index (χ0n) is 13.1. The molecule has 0 bridgehead atoms. The largest absolute Gasteiger partial charge is 0.342 e. The van der Waals surface area contributed by atoms with Crippen LogP contribution in [0.3, 0.4) is 0 Å². The van der Waals surface area contributed by atoms with Crippen LogP contribution in [0.2, 0.25) is 0 Å². The third kappa shape index (κ3) is 2.99. The minimum atomic E-state index is 0.187. The first-order chi connectivity index (χ1) is 11.8.